The van der Waals surface area contributed by atoms with Gasteiger partial charge in [0.05, 0.1) is 16.8 Å². The molecule has 1 heterocycles. The average molecular weight is 708 g/mol. The fourth-order valence-corrected chi connectivity index (χ4v) is 11.1. The van der Waals surface area contributed by atoms with Crippen molar-refractivity contribution in [2.45, 2.75) is 24.7 Å². The summed E-state index contributed by atoms with van der Waals surface area (Å²) in [5.41, 5.74) is 16.2. The van der Waals surface area contributed by atoms with E-state index >= 15 is 0 Å². The molecule has 2 aliphatic carbocycles. The maximum Gasteiger partial charge on any atom is 0.0720 e. The first-order valence-corrected chi connectivity index (χ1v) is 19.7. The topological polar surface area (TPSA) is 3.24 Å². The fourth-order valence-electron chi connectivity index (χ4n) is 9.93. The first-order chi connectivity index (χ1) is 26.6. The molecular weight excluding hydrogens is 671 g/mol. The molecular formula is C52H37NS. The van der Waals surface area contributed by atoms with E-state index in [9.17, 15) is 0 Å². The van der Waals surface area contributed by atoms with Gasteiger partial charge in [0.15, 0.2) is 0 Å². The smallest absolute Gasteiger partial charge is 0.0720 e. The van der Waals surface area contributed by atoms with Crippen LogP contribution in [-0.4, -0.2) is 0 Å². The highest BCUT2D eigenvalue weighted by Crippen LogP contribution is 2.60. The second-order valence-electron chi connectivity index (χ2n) is 15.2. The van der Waals surface area contributed by atoms with Crippen molar-refractivity contribution >= 4 is 48.6 Å². The second-order valence-corrected chi connectivity index (χ2v) is 16.3. The van der Waals surface area contributed by atoms with Gasteiger partial charge in [0.25, 0.3) is 0 Å². The Morgan fingerprint density at radius 2 is 0.889 bits per heavy atom. The molecule has 2 heteroatoms. The van der Waals surface area contributed by atoms with Crippen LogP contribution in [0.2, 0.25) is 0 Å². The van der Waals surface area contributed by atoms with Crippen molar-refractivity contribution in [2.75, 3.05) is 4.90 Å². The summed E-state index contributed by atoms with van der Waals surface area (Å²) in [4.78, 5) is 2.54. The van der Waals surface area contributed by atoms with Crippen molar-refractivity contribution in [3.8, 4) is 22.3 Å². The highest BCUT2D eigenvalue weighted by Gasteiger charge is 2.47. The van der Waals surface area contributed by atoms with Gasteiger partial charge in [0.1, 0.15) is 0 Å². The summed E-state index contributed by atoms with van der Waals surface area (Å²) in [6.07, 6.45) is 0. The van der Waals surface area contributed by atoms with Crippen LogP contribution in [0.4, 0.5) is 17.1 Å². The monoisotopic (exact) mass is 707 g/mol. The summed E-state index contributed by atoms with van der Waals surface area (Å²) >= 11 is 1.90. The summed E-state index contributed by atoms with van der Waals surface area (Å²) in [6.45, 7) is 4.74. The number of hydrogen-bond acceptors (Lipinski definition) is 2. The van der Waals surface area contributed by atoms with Crippen LogP contribution in [0.15, 0.2) is 188 Å². The van der Waals surface area contributed by atoms with Crippen molar-refractivity contribution in [1.82, 2.24) is 0 Å². The molecule has 0 aliphatic heterocycles. The molecule has 0 amide bonds. The van der Waals surface area contributed by atoms with Crippen LogP contribution < -0.4 is 4.90 Å². The Kier molecular flexibility index (Phi) is 6.75. The lowest BCUT2D eigenvalue weighted by atomic mass is 9.66. The molecule has 11 rings (SSSR count). The quantitative estimate of drug-likeness (QED) is 0.172. The van der Waals surface area contributed by atoms with Crippen molar-refractivity contribution in [1.29, 1.82) is 0 Å². The molecule has 0 fully saturated rings. The van der Waals surface area contributed by atoms with Gasteiger partial charge in [0.2, 0.25) is 0 Å². The van der Waals surface area contributed by atoms with Crippen molar-refractivity contribution in [3.05, 3.63) is 221 Å². The van der Waals surface area contributed by atoms with Crippen molar-refractivity contribution < 1.29 is 0 Å². The van der Waals surface area contributed by atoms with E-state index in [2.05, 4.69) is 207 Å². The Bertz CT molecular complexity index is 2870. The van der Waals surface area contributed by atoms with Crippen molar-refractivity contribution in [3.63, 3.8) is 0 Å². The van der Waals surface area contributed by atoms with E-state index in [0.29, 0.717) is 0 Å². The highest BCUT2D eigenvalue weighted by molar-refractivity contribution is 7.26. The lowest BCUT2D eigenvalue weighted by molar-refractivity contribution is 0.660. The molecule has 1 nitrogen and oxygen atoms in total. The summed E-state index contributed by atoms with van der Waals surface area (Å²) in [7, 11) is 0. The van der Waals surface area contributed by atoms with Crippen LogP contribution in [0.5, 0.6) is 0 Å². The standard InChI is InChI=1S/C52H37NS/c1-51(2)39-25-12-11-24-38(39)48-42(51)28-15-30-44(48)53(35-20-7-4-8-21-35)45-31-17-33-47-50(45)49-43(29-16-32-46(49)54-47)52(34-18-5-3-6-19-34)40-26-13-9-22-36(40)37-23-10-14-27-41(37)52/h3-33H,1-2H3. The highest BCUT2D eigenvalue weighted by atomic mass is 32.1. The summed E-state index contributed by atoms with van der Waals surface area (Å²) in [5, 5.41) is 2.61. The zero-order chi connectivity index (χ0) is 36.0. The van der Waals surface area contributed by atoms with Gasteiger partial charge in [-0.2, -0.15) is 0 Å². The lowest BCUT2D eigenvalue weighted by Gasteiger charge is -2.35. The largest absolute Gasteiger partial charge is 0.309 e. The van der Waals surface area contributed by atoms with E-state index in [-0.39, 0.29) is 5.41 Å². The zero-order valence-corrected chi connectivity index (χ0v) is 31.1. The Morgan fingerprint density at radius 3 is 1.59 bits per heavy atom. The Labute approximate surface area is 320 Å². The van der Waals surface area contributed by atoms with E-state index in [1.165, 1.54) is 87.2 Å². The molecule has 54 heavy (non-hydrogen) atoms. The van der Waals surface area contributed by atoms with Crippen LogP contribution >= 0.6 is 11.3 Å². The van der Waals surface area contributed by atoms with Crippen LogP contribution in [-0.2, 0) is 10.8 Å². The van der Waals surface area contributed by atoms with Crippen LogP contribution in [0.1, 0.15) is 47.2 Å². The number of benzene rings is 8. The van der Waals surface area contributed by atoms with E-state index in [4.69, 9.17) is 0 Å². The van der Waals surface area contributed by atoms with E-state index < -0.39 is 5.41 Å². The van der Waals surface area contributed by atoms with Crippen LogP contribution in [0.3, 0.4) is 0 Å². The molecule has 8 aromatic carbocycles. The number of nitrogens with zero attached hydrogens (tertiary/aromatic N) is 1. The maximum absolute atomic E-state index is 2.54. The predicted octanol–water partition coefficient (Wildman–Crippen LogP) is 14.2. The number of thiophene rings is 1. The van der Waals surface area contributed by atoms with E-state index in [1.807, 2.05) is 11.3 Å². The van der Waals surface area contributed by atoms with Crippen LogP contribution in [0, 0.1) is 0 Å². The molecule has 9 aromatic rings. The van der Waals surface area contributed by atoms with E-state index in [0.717, 1.165) is 5.69 Å². The minimum atomic E-state index is -0.510. The molecule has 0 radical (unpaired) electrons. The summed E-state index contributed by atoms with van der Waals surface area (Å²) < 4.78 is 2.58. The Morgan fingerprint density at radius 1 is 0.389 bits per heavy atom. The SMILES string of the molecule is CC1(C)c2ccccc2-c2c(N(c3ccccc3)c3cccc4sc5cccc(C6(c7ccccc7)c7ccccc7-c7ccccc76)c5c34)cccc21. The van der Waals surface area contributed by atoms with Gasteiger partial charge in [-0.15, -0.1) is 11.3 Å². The molecule has 0 spiro atoms. The van der Waals surface area contributed by atoms with E-state index in [1.54, 1.807) is 0 Å². The lowest BCUT2D eigenvalue weighted by Crippen LogP contribution is -2.28. The van der Waals surface area contributed by atoms with Gasteiger partial charge in [0, 0.05) is 36.8 Å². The minimum Gasteiger partial charge on any atom is -0.309 e. The number of anilines is 3. The van der Waals surface area contributed by atoms with Crippen molar-refractivity contribution in [2.24, 2.45) is 0 Å². The van der Waals surface area contributed by atoms with Gasteiger partial charge in [-0.1, -0.05) is 166 Å². The van der Waals surface area contributed by atoms with Gasteiger partial charge < -0.3 is 4.90 Å². The number of para-hydroxylation sites is 1. The predicted molar refractivity (Wildman–Crippen MR) is 229 cm³/mol. The second kappa shape index (κ2) is 11.6. The molecule has 256 valence electrons. The Hall–Kier alpha value is -6.22. The Balaban J connectivity index is 1.28. The third kappa shape index (κ3) is 4.15. The van der Waals surface area contributed by atoms with Gasteiger partial charge in [-0.3, -0.25) is 0 Å². The summed E-state index contributed by atoms with van der Waals surface area (Å²) in [6, 6.07) is 70.1. The first-order valence-electron chi connectivity index (χ1n) is 18.9. The van der Waals surface area contributed by atoms with Gasteiger partial charge in [-0.05, 0) is 86.5 Å². The molecule has 2 aliphatic rings. The summed E-state index contributed by atoms with van der Waals surface area (Å²) in [5.74, 6) is 0. The molecule has 0 saturated heterocycles. The molecule has 1 aromatic heterocycles. The van der Waals surface area contributed by atoms with Gasteiger partial charge in [-0.25, -0.2) is 0 Å². The maximum atomic E-state index is 2.54. The van der Waals surface area contributed by atoms with Gasteiger partial charge >= 0.3 is 0 Å². The minimum absolute atomic E-state index is 0.107. The molecule has 0 bridgehead atoms. The average Bonchev–Trinajstić information content (AvgIpc) is 3.84. The number of fused-ring (bicyclic) bond motifs is 9. The number of rotatable bonds is 5. The van der Waals surface area contributed by atoms with Crippen LogP contribution in [0.25, 0.3) is 42.4 Å². The first kappa shape index (κ1) is 31.3. The fraction of sp³-hybridized carbons (Fsp3) is 0.0769. The molecule has 0 N–H and O–H groups in total. The molecule has 0 atom stereocenters. The molecule has 0 unspecified atom stereocenters. The normalized spacial score (nSPS) is 14.4. The molecule has 0 saturated carbocycles. The third-order valence-corrected chi connectivity index (χ3v) is 13.3. The number of hydrogen-bond donors (Lipinski definition) is 0. The third-order valence-electron chi connectivity index (χ3n) is 12.1. The zero-order valence-electron chi connectivity index (χ0n) is 30.3.